The Bertz CT molecular complexity index is 822. The number of ketones is 1. The largest absolute Gasteiger partial charge is 0.358 e. The summed E-state index contributed by atoms with van der Waals surface area (Å²) in [6.45, 7) is 3.68. The number of amides is 1. The van der Waals surface area contributed by atoms with Gasteiger partial charge in [0, 0.05) is 12.7 Å². The van der Waals surface area contributed by atoms with Crippen molar-refractivity contribution >= 4 is 23.3 Å². The fraction of sp³-hybridized carbons (Fsp3) is 0.267. The van der Waals surface area contributed by atoms with Crippen molar-refractivity contribution in [3.05, 3.63) is 40.3 Å². The second-order valence-corrected chi connectivity index (χ2v) is 5.29. The third-order valence-electron chi connectivity index (χ3n) is 3.19. The van der Waals surface area contributed by atoms with Crippen molar-refractivity contribution in [1.29, 1.82) is 5.26 Å². The number of rotatable bonds is 4. The van der Waals surface area contributed by atoms with Gasteiger partial charge in [0.1, 0.15) is 5.69 Å². The van der Waals surface area contributed by atoms with Crippen LogP contribution in [0.3, 0.4) is 0 Å². The average molecular weight is 332 g/mol. The molecule has 1 atom stereocenters. The predicted octanol–water partition coefficient (Wildman–Crippen LogP) is 1.61. The van der Waals surface area contributed by atoms with E-state index in [2.05, 4.69) is 15.4 Å². The molecule has 2 heterocycles. The number of carbonyl (C=O) groups excluding carboxylic acids is 2. The second kappa shape index (κ2) is 6.58. The minimum atomic E-state index is -1.50. The number of nitrogens with zero attached hydrogens (tertiary/aromatic N) is 4. The predicted molar refractivity (Wildman–Crippen MR) is 83.3 cm³/mol. The Kier molecular flexibility index (Phi) is 4.77. The van der Waals surface area contributed by atoms with Crippen LogP contribution in [0.25, 0.3) is 5.82 Å². The number of hydrogen-bond acceptors (Lipinski definition) is 5. The molecule has 0 saturated carbocycles. The minimum Gasteiger partial charge on any atom is -0.358 e. The highest BCUT2D eigenvalue weighted by Gasteiger charge is 2.29. The monoisotopic (exact) mass is 331 g/mol. The molecule has 1 N–H and O–H groups in total. The zero-order valence-corrected chi connectivity index (χ0v) is 13.5. The molecule has 23 heavy (non-hydrogen) atoms. The molecule has 8 heteroatoms. The zero-order valence-electron chi connectivity index (χ0n) is 12.8. The molecule has 0 spiro atoms. The number of halogens is 1. The lowest BCUT2D eigenvalue weighted by Crippen LogP contribution is -2.32. The first-order chi connectivity index (χ1) is 10.9. The van der Waals surface area contributed by atoms with Crippen LogP contribution in [-0.4, -0.2) is 33.5 Å². The summed E-state index contributed by atoms with van der Waals surface area (Å²) in [5.41, 5.74) is 1.50. The summed E-state index contributed by atoms with van der Waals surface area (Å²) in [6.07, 6.45) is 0. The third-order valence-corrected chi connectivity index (χ3v) is 3.50. The van der Waals surface area contributed by atoms with Crippen molar-refractivity contribution in [2.24, 2.45) is 5.92 Å². The van der Waals surface area contributed by atoms with Crippen molar-refractivity contribution < 1.29 is 9.59 Å². The number of aryl methyl sites for hydroxylation is 2. The number of hydrogen-bond donors (Lipinski definition) is 1. The summed E-state index contributed by atoms with van der Waals surface area (Å²) in [6, 6.07) is 6.63. The van der Waals surface area contributed by atoms with Crippen LogP contribution in [0.1, 0.15) is 21.9 Å². The number of nitrogens with one attached hydrogen (secondary N) is 1. The van der Waals surface area contributed by atoms with Crippen molar-refractivity contribution in [2.75, 3.05) is 7.05 Å². The lowest BCUT2D eigenvalue weighted by atomic mass is 10.0. The summed E-state index contributed by atoms with van der Waals surface area (Å²) in [5, 5.41) is 15.7. The Morgan fingerprint density at radius 2 is 2.09 bits per heavy atom. The number of carbonyl (C=O) groups is 2. The molecule has 0 saturated heterocycles. The van der Waals surface area contributed by atoms with Crippen LogP contribution in [0.5, 0.6) is 0 Å². The quantitative estimate of drug-likeness (QED) is 0.677. The van der Waals surface area contributed by atoms with Gasteiger partial charge >= 0.3 is 0 Å². The van der Waals surface area contributed by atoms with Crippen molar-refractivity contribution in [2.45, 2.75) is 13.8 Å². The number of pyridine rings is 1. The third kappa shape index (κ3) is 3.22. The molecule has 0 fully saturated rings. The summed E-state index contributed by atoms with van der Waals surface area (Å²) >= 11 is 6.02. The van der Waals surface area contributed by atoms with E-state index < -0.39 is 17.6 Å². The molecule has 0 aliphatic carbocycles. The Labute approximate surface area is 137 Å². The van der Waals surface area contributed by atoms with Gasteiger partial charge in [-0.25, -0.2) is 9.67 Å². The summed E-state index contributed by atoms with van der Waals surface area (Å²) in [4.78, 5) is 28.2. The molecular weight excluding hydrogens is 318 g/mol. The highest BCUT2D eigenvalue weighted by atomic mass is 35.5. The molecule has 2 rings (SSSR count). The van der Waals surface area contributed by atoms with Crippen LogP contribution < -0.4 is 5.32 Å². The van der Waals surface area contributed by atoms with E-state index in [1.54, 1.807) is 16.8 Å². The lowest BCUT2D eigenvalue weighted by molar-refractivity contribution is -0.121. The highest BCUT2D eigenvalue weighted by molar-refractivity contribution is 6.34. The van der Waals surface area contributed by atoms with Crippen molar-refractivity contribution in [1.82, 2.24) is 20.1 Å². The highest BCUT2D eigenvalue weighted by Crippen LogP contribution is 2.20. The second-order valence-electron chi connectivity index (χ2n) is 4.88. The standard InChI is InChI=1S/C15H14ClN5O2/c1-8-6-9(2)21(20-8)12-5-4-11(16)13(19-12)14(22)10(7-17)15(23)18-3/h4-6,10H,1-3H3,(H,18,23)/t10-/m0/s1. The summed E-state index contributed by atoms with van der Waals surface area (Å²) < 4.78 is 1.56. The normalized spacial score (nSPS) is 11.6. The molecule has 1 amide bonds. The molecular formula is C15H14ClN5O2. The number of aromatic nitrogens is 3. The van der Waals surface area contributed by atoms with Gasteiger partial charge in [-0.2, -0.15) is 10.4 Å². The van der Waals surface area contributed by atoms with Crippen molar-refractivity contribution in [3.63, 3.8) is 0 Å². The van der Waals surface area contributed by atoms with Crippen LogP contribution in [0, 0.1) is 31.1 Å². The SMILES string of the molecule is CNC(=O)[C@@H](C#N)C(=O)c1nc(-n2nc(C)cc2C)ccc1Cl. The van der Waals surface area contributed by atoms with Gasteiger partial charge in [-0.15, -0.1) is 0 Å². The Morgan fingerprint density at radius 1 is 1.39 bits per heavy atom. The van der Waals surface area contributed by atoms with Gasteiger partial charge in [0.05, 0.1) is 16.8 Å². The van der Waals surface area contributed by atoms with Gasteiger partial charge in [0.25, 0.3) is 0 Å². The Balaban J connectivity index is 2.50. The fourth-order valence-corrected chi connectivity index (χ4v) is 2.30. The molecule has 0 aromatic carbocycles. The van der Waals surface area contributed by atoms with Crippen LogP contribution in [0.15, 0.2) is 18.2 Å². The molecule has 0 radical (unpaired) electrons. The first-order valence-corrected chi connectivity index (χ1v) is 7.12. The zero-order chi connectivity index (χ0) is 17.1. The Hall–Kier alpha value is -2.72. The van der Waals surface area contributed by atoms with Gasteiger partial charge in [0.2, 0.25) is 11.7 Å². The smallest absolute Gasteiger partial charge is 0.245 e. The topological polar surface area (TPSA) is 101 Å². The minimum absolute atomic E-state index is 0.0736. The number of Topliss-reactive ketones (excluding diaryl/α,β-unsaturated/α-hetero) is 1. The van der Waals surface area contributed by atoms with E-state index in [4.69, 9.17) is 16.9 Å². The molecule has 0 aliphatic heterocycles. The maximum Gasteiger partial charge on any atom is 0.245 e. The molecule has 0 bridgehead atoms. The number of nitriles is 1. The van der Waals surface area contributed by atoms with E-state index in [0.29, 0.717) is 5.82 Å². The van der Waals surface area contributed by atoms with Crippen LogP contribution >= 0.6 is 11.6 Å². The van der Waals surface area contributed by atoms with Gasteiger partial charge in [-0.05, 0) is 32.0 Å². The van der Waals surface area contributed by atoms with E-state index in [9.17, 15) is 9.59 Å². The summed E-state index contributed by atoms with van der Waals surface area (Å²) in [5.74, 6) is -2.57. The van der Waals surface area contributed by atoms with Crippen molar-refractivity contribution in [3.8, 4) is 11.9 Å². The molecule has 0 unspecified atom stereocenters. The average Bonchev–Trinajstić information content (AvgIpc) is 2.86. The van der Waals surface area contributed by atoms with Gasteiger partial charge in [0.15, 0.2) is 11.7 Å². The van der Waals surface area contributed by atoms with Gasteiger partial charge < -0.3 is 5.32 Å². The van der Waals surface area contributed by atoms with E-state index >= 15 is 0 Å². The maximum atomic E-state index is 12.4. The Morgan fingerprint density at radius 3 is 2.61 bits per heavy atom. The lowest BCUT2D eigenvalue weighted by Gasteiger charge is -2.10. The molecule has 2 aromatic heterocycles. The first kappa shape index (κ1) is 16.6. The van der Waals surface area contributed by atoms with E-state index in [1.165, 1.54) is 13.1 Å². The first-order valence-electron chi connectivity index (χ1n) is 6.74. The molecule has 2 aromatic rings. The van der Waals surface area contributed by atoms with E-state index in [1.807, 2.05) is 19.9 Å². The van der Waals surface area contributed by atoms with Gasteiger partial charge in [-0.1, -0.05) is 11.6 Å². The maximum absolute atomic E-state index is 12.4. The molecule has 7 nitrogen and oxygen atoms in total. The van der Waals surface area contributed by atoms with Gasteiger partial charge in [-0.3, -0.25) is 9.59 Å². The summed E-state index contributed by atoms with van der Waals surface area (Å²) in [7, 11) is 1.35. The van der Waals surface area contributed by atoms with E-state index in [-0.39, 0.29) is 10.7 Å². The van der Waals surface area contributed by atoms with E-state index in [0.717, 1.165) is 11.4 Å². The van der Waals surface area contributed by atoms with Crippen LogP contribution in [0.2, 0.25) is 5.02 Å². The van der Waals surface area contributed by atoms with Crippen LogP contribution in [0.4, 0.5) is 0 Å². The van der Waals surface area contributed by atoms with Crippen LogP contribution in [-0.2, 0) is 4.79 Å². The fourth-order valence-electron chi connectivity index (χ4n) is 2.10. The molecule has 118 valence electrons. The molecule has 0 aliphatic rings.